The van der Waals surface area contributed by atoms with Gasteiger partial charge in [0.1, 0.15) is 5.70 Å². The van der Waals surface area contributed by atoms with Gasteiger partial charge in [-0.15, -0.1) is 0 Å². The van der Waals surface area contributed by atoms with E-state index in [-0.39, 0.29) is 29.7 Å². The quantitative estimate of drug-likeness (QED) is 0.235. The number of carboxylic acids is 1. The van der Waals surface area contributed by atoms with Crippen LogP contribution >= 0.6 is 0 Å². The van der Waals surface area contributed by atoms with Gasteiger partial charge in [0.15, 0.2) is 0 Å². The Bertz CT molecular complexity index is 655. The van der Waals surface area contributed by atoms with Gasteiger partial charge in [0.05, 0.1) is 24.2 Å². The van der Waals surface area contributed by atoms with E-state index in [2.05, 4.69) is 10.0 Å². The van der Waals surface area contributed by atoms with Crippen LogP contribution in [0.1, 0.15) is 32.6 Å². The number of aliphatic hydroxyl groups excluding tert-OH is 1. The third-order valence-electron chi connectivity index (χ3n) is 5.35. The standard InChI is InChI=1S/C16H22N4O5/c1-8(21)11-13-9-4-2-5-10(25-7-3-6-18-19-17)12(9)14(16(23)24)20(13)15(11)22/h8-11,13,21H,2-7H2,1H3,(H,23,24)/t8-,9+,10+,11-,13-/m1/s1. The van der Waals surface area contributed by atoms with Crippen molar-refractivity contribution >= 4 is 11.9 Å². The van der Waals surface area contributed by atoms with Crippen molar-refractivity contribution in [2.45, 2.75) is 50.9 Å². The average molecular weight is 350 g/mol. The molecule has 2 aliphatic heterocycles. The molecule has 1 amide bonds. The Kier molecular flexibility index (Phi) is 4.99. The van der Waals surface area contributed by atoms with Crippen molar-refractivity contribution in [2.75, 3.05) is 13.2 Å². The van der Waals surface area contributed by atoms with Crippen LogP contribution in [-0.2, 0) is 14.3 Å². The van der Waals surface area contributed by atoms with E-state index < -0.39 is 18.0 Å². The zero-order chi connectivity index (χ0) is 18.1. The number of amides is 1. The van der Waals surface area contributed by atoms with E-state index in [9.17, 15) is 19.8 Å². The molecule has 136 valence electrons. The van der Waals surface area contributed by atoms with Crippen LogP contribution in [0, 0.1) is 11.8 Å². The molecule has 5 atom stereocenters. The van der Waals surface area contributed by atoms with Gasteiger partial charge in [-0.05, 0) is 43.7 Å². The normalized spacial score (nSPS) is 31.8. The predicted molar refractivity (Wildman–Crippen MR) is 86.2 cm³/mol. The number of aliphatic hydroxyl groups is 1. The van der Waals surface area contributed by atoms with Crippen LogP contribution in [0.15, 0.2) is 16.4 Å². The summed E-state index contributed by atoms with van der Waals surface area (Å²) in [6.07, 6.45) is 1.80. The molecule has 9 heteroatoms. The highest BCUT2D eigenvalue weighted by Crippen LogP contribution is 2.52. The highest BCUT2D eigenvalue weighted by atomic mass is 16.5. The summed E-state index contributed by atoms with van der Waals surface area (Å²) in [4.78, 5) is 28.2. The molecule has 2 N–H and O–H groups in total. The minimum atomic E-state index is -1.12. The van der Waals surface area contributed by atoms with Gasteiger partial charge in [0.25, 0.3) is 0 Å². The summed E-state index contributed by atoms with van der Waals surface area (Å²) in [7, 11) is 0. The number of hydrogen-bond acceptors (Lipinski definition) is 5. The van der Waals surface area contributed by atoms with Gasteiger partial charge >= 0.3 is 5.97 Å². The first-order valence-corrected chi connectivity index (χ1v) is 8.60. The second kappa shape index (κ2) is 7.03. The zero-order valence-corrected chi connectivity index (χ0v) is 14.0. The SMILES string of the molecule is C[C@@H](O)[C@H]1C(=O)N2C(C(=O)O)=C3[C@@H](OCCCN=[N+]=[N-])CCC[C@@H]3[C@H]12. The van der Waals surface area contributed by atoms with Gasteiger partial charge in [0, 0.05) is 24.0 Å². The maximum Gasteiger partial charge on any atom is 0.352 e. The molecule has 9 nitrogen and oxygen atoms in total. The Morgan fingerprint density at radius 1 is 1.52 bits per heavy atom. The molecule has 0 unspecified atom stereocenters. The predicted octanol–water partition coefficient (Wildman–Crippen LogP) is 1.43. The molecular formula is C16H22N4O5. The molecule has 2 fully saturated rings. The smallest absolute Gasteiger partial charge is 0.352 e. The number of hydrogen-bond donors (Lipinski definition) is 2. The van der Waals surface area contributed by atoms with Crippen LogP contribution in [0.2, 0.25) is 0 Å². The number of carboxylic acid groups (broad SMARTS) is 1. The summed E-state index contributed by atoms with van der Waals surface area (Å²) >= 11 is 0. The third-order valence-corrected chi connectivity index (χ3v) is 5.35. The Hall–Kier alpha value is -2.09. The first kappa shape index (κ1) is 17.7. The van der Waals surface area contributed by atoms with Gasteiger partial charge in [-0.25, -0.2) is 4.79 Å². The number of aliphatic carboxylic acids is 1. The molecule has 1 saturated heterocycles. The largest absolute Gasteiger partial charge is 0.477 e. The molecule has 0 aromatic carbocycles. The summed E-state index contributed by atoms with van der Waals surface area (Å²) in [6, 6.07) is -0.275. The number of carbonyl (C=O) groups excluding carboxylic acids is 1. The summed E-state index contributed by atoms with van der Waals surface area (Å²) in [5, 5.41) is 23.0. The molecule has 1 saturated carbocycles. The second-order valence-corrected chi connectivity index (χ2v) is 6.78. The molecular weight excluding hydrogens is 328 g/mol. The van der Waals surface area contributed by atoms with Crippen LogP contribution in [0.4, 0.5) is 0 Å². The zero-order valence-electron chi connectivity index (χ0n) is 14.0. The fraction of sp³-hybridized carbons (Fsp3) is 0.750. The highest BCUT2D eigenvalue weighted by Gasteiger charge is 2.62. The third kappa shape index (κ3) is 2.88. The lowest BCUT2D eigenvalue weighted by Crippen LogP contribution is -2.64. The minimum Gasteiger partial charge on any atom is -0.477 e. The van der Waals surface area contributed by atoms with E-state index in [1.807, 2.05) is 0 Å². The Balaban J connectivity index is 1.81. The lowest BCUT2D eigenvalue weighted by atomic mass is 9.71. The molecule has 0 aromatic rings. The average Bonchev–Trinajstić information content (AvgIpc) is 2.86. The van der Waals surface area contributed by atoms with Gasteiger partial charge in [0.2, 0.25) is 5.91 Å². The van der Waals surface area contributed by atoms with E-state index in [1.54, 1.807) is 6.92 Å². The van der Waals surface area contributed by atoms with Gasteiger partial charge in [-0.3, -0.25) is 4.79 Å². The van der Waals surface area contributed by atoms with E-state index in [4.69, 9.17) is 10.3 Å². The second-order valence-electron chi connectivity index (χ2n) is 6.78. The molecule has 2 heterocycles. The van der Waals surface area contributed by atoms with Crippen LogP contribution in [0.3, 0.4) is 0 Å². The van der Waals surface area contributed by atoms with Crippen molar-refractivity contribution in [3.05, 3.63) is 21.7 Å². The van der Waals surface area contributed by atoms with Crippen molar-refractivity contribution < 1.29 is 24.5 Å². The molecule has 0 aromatic heterocycles. The number of ether oxygens (including phenoxy) is 1. The number of rotatable bonds is 7. The maximum absolute atomic E-state index is 12.4. The topological polar surface area (TPSA) is 136 Å². The van der Waals surface area contributed by atoms with Crippen LogP contribution in [-0.4, -0.2) is 58.4 Å². The van der Waals surface area contributed by atoms with Crippen LogP contribution < -0.4 is 0 Å². The number of fused-ring (bicyclic) bond motifs is 3. The van der Waals surface area contributed by atoms with Crippen molar-refractivity contribution in [2.24, 2.45) is 17.0 Å². The molecule has 1 aliphatic carbocycles. The van der Waals surface area contributed by atoms with Crippen molar-refractivity contribution in [3.63, 3.8) is 0 Å². The summed E-state index contributed by atoms with van der Waals surface area (Å²) in [5.41, 5.74) is 9.00. The lowest BCUT2D eigenvalue weighted by molar-refractivity contribution is -0.163. The van der Waals surface area contributed by atoms with Gasteiger partial charge < -0.3 is 19.8 Å². The van der Waals surface area contributed by atoms with E-state index in [1.165, 1.54) is 4.90 Å². The molecule has 3 rings (SSSR count). The fourth-order valence-electron chi connectivity index (χ4n) is 4.41. The molecule has 0 radical (unpaired) electrons. The van der Waals surface area contributed by atoms with E-state index in [0.29, 0.717) is 31.6 Å². The van der Waals surface area contributed by atoms with Gasteiger partial charge in [-0.1, -0.05) is 5.11 Å². The van der Waals surface area contributed by atoms with Crippen molar-refractivity contribution in [1.82, 2.24) is 4.90 Å². The molecule has 0 spiro atoms. The first-order valence-electron chi connectivity index (χ1n) is 8.60. The Labute approximate surface area is 144 Å². The summed E-state index contributed by atoms with van der Waals surface area (Å²) in [6.45, 7) is 2.27. The molecule has 0 bridgehead atoms. The van der Waals surface area contributed by atoms with Crippen molar-refractivity contribution in [1.29, 1.82) is 0 Å². The van der Waals surface area contributed by atoms with Crippen LogP contribution in [0.25, 0.3) is 10.4 Å². The summed E-state index contributed by atoms with van der Waals surface area (Å²) < 4.78 is 5.87. The van der Waals surface area contributed by atoms with Crippen LogP contribution in [0.5, 0.6) is 0 Å². The first-order chi connectivity index (χ1) is 12.0. The Morgan fingerprint density at radius 3 is 2.92 bits per heavy atom. The van der Waals surface area contributed by atoms with Crippen molar-refractivity contribution in [3.8, 4) is 0 Å². The lowest BCUT2D eigenvalue weighted by Gasteiger charge is -2.47. The number of β-lactam (4-membered cyclic amide) rings is 1. The van der Waals surface area contributed by atoms with E-state index >= 15 is 0 Å². The van der Waals surface area contributed by atoms with Gasteiger partial charge in [-0.2, -0.15) is 0 Å². The van der Waals surface area contributed by atoms with E-state index in [0.717, 1.165) is 12.8 Å². The molecule has 3 aliphatic rings. The molecule has 25 heavy (non-hydrogen) atoms. The number of azide groups is 1. The monoisotopic (exact) mass is 350 g/mol. The fourth-order valence-corrected chi connectivity index (χ4v) is 4.41. The number of carbonyl (C=O) groups is 2. The maximum atomic E-state index is 12.4. The Morgan fingerprint density at radius 2 is 2.28 bits per heavy atom. The summed E-state index contributed by atoms with van der Waals surface area (Å²) in [5.74, 6) is -2.05. The highest BCUT2D eigenvalue weighted by molar-refractivity contribution is 6.00. The minimum absolute atomic E-state index is 0.0386. The number of nitrogens with zero attached hydrogens (tertiary/aromatic N) is 4.